The van der Waals surface area contributed by atoms with E-state index in [9.17, 15) is 29.1 Å². The van der Waals surface area contributed by atoms with Gasteiger partial charge in [0.25, 0.3) is 5.56 Å². The third-order valence-electron chi connectivity index (χ3n) is 9.44. The SMILES string of the molecule is COc1cc([C@H]2C3=CCn4c(=O)n(CCc5nc6cc(OC)c(OC)cc6n(C)c5=O)c(=O)n4[C@@H]3CC3=C2C(=O)C(I)=CC3=O)ccc1O. The molecule has 0 spiro atoms. The zero-order valence-corrected chi connectivity index (χ0v) is 29.0. The summed E-state index contributed by atoms with van der Waals surface area (Å²) in [6.07, 6.45) is 3.12. The number of nitrogens with zero attached hydrogens (tertiary/aromatic N) is 5. The van der Waals surface area contributed by atoms with E-state index >= 15 is 0 Å². The third-order valence-corrected chi connectivity index (χ3v) is 10.2. The van der Waals surface area contributed by atoms with E-state index in [1.54, 1.807) is 31.3 Å². The molecule has 4 aromatic rings. The molecule has 15 heteroatoms. The zero-order valence-electron chi connectivity index (χ0n) is 26.9. The average Bonchev–Trinajstić information content (AvgIpc) is 3.35. The van der Waals surface area contributed by atoms with Gasteiger partial charge in [-0.3, -0.25) is 14.4 Å². The normalized spacial score (nSPS) is 18.5. The number of halogens is 1. The van der Waals surface area contributed by atoms with Crippen molar-refractivity contribution in [3.05, 3.63) is 105 Å². The number of ether oxygens (including phenoxy) is 3. The highest BCUT2D eigenvalue weighted by molar-refractivity contribution is 14.1. The number of methoxy groups -OCH3 is 3. The summed E-state index contributed by atoms with van der Waals surface area (Å²) in [5.74, 6) is -0.407. The number of rotatable bonds is 7. The Morgan fingerprint density at radius 2 is 1.67 bits per heavy atom. The highest BCUT2D eigenvalue weighted by Gasteiger charge is 2.45. The largest absolute Gasteiger partial charge is 0.504 e. The van der Waals surface area contributed by atoms with E-state index < -0.39 is 23.3 Å². The summed E-state index contributed by atoms with van der Waals surface area (Å²) in [7, 11) is 6.00. The summed E-state index contributed by atoms with van der Waals surface area (Å²) in [5, 5.41) is 10.3. The van der Waals surface area contributed by atoms with Gasteiger partial charge in [0.1, 0.15) is 5.69 Å². The lowest BCUT2D eigenvalue weighted by Crippen LogP contribution is -2.40. The maximum absolute atomic E-state index is 14.1. The lowest BCUT2D eigenvalue weighted by Gasteiger charge is -2.39. The Morgan fingerprint density at radius 3 is 2.39 bits per heavy atom. The van der Waals surface area contributed by atoms with Crippen molar-refractivity contribution < 1.29 is 28.9 Å². The number of aromatic nitrogens is 5. The number of fused-ring (bicyclic) bond motifs is 4. The first kappa shape index (κ1) is 32.4. The Morgan fingerprint density at radius 1 is 0.959 bits per heavy atom. The number of allylic oxidation sites excluding steroid dienone is 6. The van der Waals surface area contributed by atoms with Gasteiger partial charge in [0.2, 0.25) is 0 Å². The van der Waals surface area contributed by atoms with Gasteiger partial charge in [0, 0.05) is 61.7 Å². The summed E-state index contributed by atoms with van der Waals surface area (Å²) in [5.41, 5.74) is 1.40. The minimum atomic E-state index is -0.756. The number of aromatic hydroxyl groups is 1. The topological polar surface area (TPSA) is 166 Å². The second kappa shape index (κ2) is 12.0. The van der Waals surface area contributed by atoms with E-state index in [0.29, 0.717) is 39.2 Å². The molecule has 49 heavy (non-hydrogen) atoms. The van der Waals surface area contributed by atoms with E-state index in [1.807, 2.05) is 28.7 Å². The van der Waals surface area contributed by atoms with Crippen LogP contribution in [0.1, 0.15) is 29.6 Å². The fraction of sp³-hybridized carbons (Fsp3) is 0.294. The fourth-order valence-electron chi connectivity index (χ4n) is 7.05. The molecule has 1 N–H and O–H groups in total. The van der Waals surface area contributed by atoms with E-state index in [2.05, 4.69) is 4.98 Å². The first-order valence-electron chi connectivity index (χ1n) is 15.3. The first-order chi connectivity index (χ1) is 23.5. The van der Waals surface area contributed by atoms with Gasteiger partial charge >= 0.3 is 11.4 Å². The van der Waals surface area contributed by atoms with Gasteiger partial charge in [0.15, 0.2) is 34.6 Å². The molecule has 14 nitrogen and oxygen atoms in total. The van der Waals surface area contributed by atoms with Crippen LogP contribution in [-0.4, -0.2) is 61.5 Å². The number of phenolic OH excluding ortho intramolecular Hbond substituents is 1. The molecular formula is C34H30IN5O9. The van der Waals surface area contributed by atoms with Crippen LogP contribution in [0.5, 0.6) is 23.0 Å². The number of carbonyl (C=O) groups excluding carboxylic acids is 2. The van der Waals surface area contributed by atoms with Crippen molar-refractivity contribution in [2.24, 2.45) is 7.05 Å². The Labute approximate surface area is 291 Å². The van der Waals surface area contributed by atoms with Gasteiger partial charge in [0.05, 0.1) is 48.5 Å². The van der Waals surface area contributed by atoms with Crippen molar-refractivity contribution in [3.63, 3.8) is 0 Å². The summed E-state index contributed by atoms with van der Waals surface area (Å²) >= 11 is 1.85. The molecule has 0 unspecified atom stereocenters. The Hall–Kier alpha value is -5.19. The van der Waals surface area contributed by atoms with Gasteiger partial charge in [-0.15, -0.1) is 0 Å². The van der Waals surface area contributed by atoms with Crippen LogP contribution < -0.4 is 31.1 Å². The molecule has 2 aromatic heterocycles. The zero-order chi connectivity index (χ0) is 34.9. The van der Waals surface area contributed by atoms with Gasteiger partial charge in [-0.1, -0.05) is 12.1 Å². The lowest BCUT2D eigenvalue weighted by molar-refractivity contribution is -0.115. The van der Waals surface area contributed by atoms with Crippen LogP contribution in [0.4, 0.5) is 0 Å². The van der Waals surface area contributed by atoms with Crippen LogP contribution in [0.15, 0.2) is 77.2 Å². The van der Waals surface area contributed by atoms with Crippen LogP contribution in [0, 0.1) is 0 Å². The van der Waals surface area contributed by atoms with Crippen molar-refractivity contribution in [1.82, 2.24) is 23.5 Å². The minimum Gasteiger partial charge on any atom is -0.504 e. The molecule has 0 saturated heterocycles. The van der Waals surface area contributed by atoms with Crippen LogP contribution in [0.3, 0.4) is 0 Å². The summed E-state index contributed by atoms with van der Waals surface area (Å²) in [4.78, 5) is 72.7. The highest BCUT2D eigenvalue weighted by atomic mass is 127. The van der Waals surface area contributed by atoms with E-state index in [4.69, 9.17) is 14.2 Å². The summed E-state index contributed by atoms with van der Waals surface area (Å²) in [6.45, 7) is -0.0907. The van der Waals surface area contributed by atoms with Gasteiger partial charge in [-0.25, -0.2) is 28.5 Å². The lowest BCUT2D eigenvalue weighted by atomic mass is 9.69. The average molecular weight is 780 g/mol. The van der Waals surface area contributed by atoms with E-state index in [1.165, 1.54) is 47.4 Å². The van der Waals surface area contributed by atoms with Crippen molar-refractivity contribution in [1.29, 1.82) is 0 Å². The standard InChI is InChI=1S/C34H30IN5O9/c1-37-23-15-28(49-4)27(48-3)14-21(23)36-20(32(37)44)8-9-38-33(45)39-10-7-17-22(40(39)34(38)46)12-18-25(42)13-19(35)31(43)30(18)29(17)16-5-6-24(41)26(11-16)47-2/h5-7,11,13-15,22,29,41H,8-10,12H2,1-4H3/t22-,29+/m1/s1. The van der Waals surface area contributed by atoms with Crippen molar-refractivity contribution >= 4 is 45.2 Å². The number of hydrogen-bond acceptors (Lipinski definition) is 10. The molecule has 7 rings (SSSR count). The van der Waals surface area contributed by atoms with Crippen LogP contribution in [-0.2, 0) is 36.1 Å². The molecule has 0 saturated carbocycles. The molecule has 2 atom stereocenters. The number of hydrogen-bond donors (Lipinski definition) is 1. The molecule has 0 radical (unpaired) electrons. The Kier molecular flexibility index (Phi) is 7.96. The molecule has 0 bridgehead atoms. The second-order valence-corrected chi connectivity index (χ2v) is 13.0. The third kappa shape index (κ3) is 4.97. The highest BCUT2D eigenvalue weighted by Crippen LogP contribution is 2.51. The first-order valence-corrected chi connectivity index (χ1v) is 16.4. The van der Waals surface area contributed by atoms with Gasteiger partial charge in [-0.2, -0.15) is 0 Å². The molecule has 252 valence electrons. The fourth-order valence-corrected chi connectivity index (χ4v) is 7.62. The van der Waals surface area contributed by atoms with E-state index in [0.717, 1.165) is 4.57 Å². The van der Waals surface area contributed by atoms with E-state index in [-0.39, 0.29) is 69.4 Å². The molecule has 0 fully saturated rings. The second-order valence-electron chi connectivity index (χ2n) is 11.9. The number of carbonyl (C=O) groups is 2. The smallest absolute Gasteiger partial charge is 0.347 e. The van der Waals surface area contributed by atoms with Crippen LogP contribution in [0.2, 0.25) is 0 Å². The van der Waals surface area contributed by atoms with Crippen molar-refractivity contribution in [3.8, 4) is 23.0 Å². The Balaban J connectivity index is 1.30. The maximum Gasteiger partial charge on any atom is 0.347 e. The molecule has 3 heterocycles. The predicted molar refractivity (Wildman–Crippen MR) is 185 cm³/mol. The number of ketones is 2. The van der Waals surface area contributed by atoms with Gasteiger partial charge < -0.3 is 23.9 Å². The number of benzene rings is 2. The molecule has 2 aliphatic carbocycles. The molecule has 3 aliphatic rings. The summed E-state index contributed by atoms with van der Waals surface area (Å²) < 4.78 is 21.5. The molecule has 1 aliphatic heterocycles. The number of Topliss-reactive ketones (excluding diaryl/α,β-unsaturated/α-hetero) is 1. The Bertz CT molecular complexity index is 2410. The quantitative estimate of drug-likeness (QED) is 0.167. The van der Waals surface area contributed by atoms with Crippen LogP contribution >= 0.6 is 22.6 Å². The number of phenols is 1. The molecule has 2 aromatic carbocycles. The number of aryl methyl sites for hydroxylation is 2. The molecular weight excluding hydrogens is 749 g/mol. The maximum atomic E-state index is 14.1. The summed E-state index contributed by atoms with van der Waals surface area (Å²) in [6, 6.07) is 7.26. The predicted octanol–water partition coefficient (Wildman–Crippen LogP) is 2.47. The minimum absolute atomic E-state index is 0.0114. The monoisotopic (exact) mass is 779 g/mol. The van der Waals surface area contributed by atoms with Crippen LogP contribution in [0.25, 0.3) is 11.0 Å². The van der Waals surface area contributed by atoms with Crippen molar-refractivity contribution in [2.45, 2.75) is 37.9 Å². The molecule has 0 amide bonds. The van der Waals surface area contributed by atoms with Crippen molar-refractivity contribution in [2.75, 3.05) is 21.3 Å². The van der Waals surface area contributed by atoms with Gasteiger partial charge in [-0.05, 0) is 45.9 Å².